The number of likely N-dealkylation sites (N-methyl/N-ethyl adjacent to an activating group) is 1. The third-order valence-electron chi connectivity index (χ3n) is 6.43. The molecule has 0 radical (unpaired) electrons. The van der Waals surface area contributed by atoms with Gasteiger partial charge in [0, 0.05) is 36.8 Å². The molecule has 2 aromatic rings. The minimum absolute atomic E-state index is 0.126. The summed E-state index contributed by atoms with van der Waals surface area (Å²) in [5.74, 6) is -0.136. The Bertz CT molecular complexity index is 1030. The summed E-state index contributed by atoms with van der Waals surface area (Å²) in [5, 5.41) is 3.55. The van der Waals surface area contributed by atoms with Crippen molar-refractivity contribution in [3.05, 3.63) is 70.7 Å². The standard InChI is InChI=1S/C24H26BrN5O2/c1-27-21-20(22(31)30(24(27)32)14-5-9-17-7-3-2-4-8-17)29-16-6-15-28(23(29)26-21)19-12-10-18(25)11-13-19/h2-5,7-13,20-21,23,26H,6,14-16H2,1H3/b9-5+. The average molecular weight is 496 g/mol. The van der Waals surface area contributed by atoms with Gasteiger partial charge < -0.3 is 9.80 Å². The van der Waals surface area contributed by atoms with E-state index in [1.807, 2.05) is 54.6 Å². The van der Waals surface area contributed by atoms with Gasteiger partial charge in [0.15, 0.2) is 0 Å². The van der Waals surface area contributed by atoms with Crippen LogP contribution in [0.2, 0.25) is 0 Å². The highest BCUT2D eigenvalue weighted by atomic mass is 79.9. The summed E-state index contributed by atoms with van der Waals surface area (Å²) in [6.45, 7) is 1.97. The van der Waals surface area contributed by atoms with E-state index in [2.05, 4.69) is 43.2 Å². The molecule has 3 fully saturated rings. The molecule has 3 heterocycles. The van der Waals surface area contributed by atoms with Crippen molar-refractivity contribution in [1.29, 1.82) is 0 Å². The fraction of sp³-hybridized carbons (Fsp3) is 0.333. The third kappa shape index (κ3) is 3.72. The van der Waals surface area contributed by atoms with Crippen LogP contribution in [-0.2, 0) is 4.79 Å². The van der Waals surface area contributed by atoms with Crippen LogP contribution in [0.5, 0.6) is 0 Å². The number of carbonyl (C=O) groups is 2. The number of nitrogens with one attached hydrogen (secondary N) is 1. The summed E-state index contributed by atoms with van der Waals surface area (Å²) in [7, 11) is 1.77. The lowest BCUT2D eigenvalue weighted by molar-refractivity contribution is -0.138. The van der Waals surface area contributed by atoms with E-state index in [1.54, 1.807) is 11.9 Å². The molecule has 0 saturated carbocycles. The van der Waals surface area contributed by atoms with Gasteiger partial charge >= 0.3 is 6.03 Å². The lowest BCUT2D eigenvalue weighted by Crippen LogP contribution is -2.66. The fourth-order valence-corrected chi connectivity index (χ4v) is 5.11. The first-order chi connectivity index (χ1) is 15.5. The first-order valence-corrected chi connectivity index (χ1v) is 11.7. The van der Waals surface area contributed by atoms with E-state index in [4.69, 9.17) is 0 Å². The Morgan fingerprint density at radius 3 is 2.56 bits per heavy atom. The maximum atomic E-state index is 13.5. The molecule has 32 heavy (non-hydrogen) atoms. The molecule has 3 aliphatic heterocycles. The van der Waals surface area contributed by atoms with Crippen molar-refractivity contribution < 1.29 is 9.59 Å². The molecule has 0 spiro atoms. The number of imide groups is 1. The molecule has 0 bridgehead atoms. The number of amides is 3. The number of benzene rings is 2. The molecule has 166 valence electrons. The van der Waals surface area contributed by atoms with Gasteiger partial charge in [0.2, 0.25) is 0 Å². The minimum Gasteiger partial charge on any atom is -0.343 e. The van der Waals surface area contributed by atoms with Crippen LogP contribution in [0.3, 0.4) is 0 Å². The highest BCUT2D eigenvalue weighted by molar-refractivity contribution is 9.10. The van der Waals surface area contributed by atoms with Crippen LogP contribution in [0.25, 0.3) is 6.08 Å². The zero-order valence-corrected chi connectivity index (χ0v) is 19.5. The summed E-state index contributed by atoms with van der Waals surface area (Å²) in [4.78, 5) is 34.0. The highest BCUT2D eigenvalue weighted by Crippen LogP contribution is 2.33. The number of rotatable bonds is 4. The molecular formula is C24H26BrN5O2. The van der Waals surface area contributed by atoms with Crippen molar-refractivity contribution in [2.45, 2.75) is 24.9 Å². The second kappa shape index (κ2) is 8.69. The number of hydrogen-bond acceptors (Lipinski definition) is 5. The molecule has 1 N–H and O–H groups in total. The van der Waals surface area contributed by atoms with Crippen LogP contribution >= 0.6 is 15.9 Å². The lowest BCUT2D eigenvalue weighted by atomic mass is 10.1. The smallest absolute Gasteiger partial charge is 0.328 e. The molecule has 0 aliphatic carbocycles. The first kappa shape index (κ1) is 21.2. The molecule has 7 nitrogen and oxygen atoms in total. The number of hydrogen-bond donors (Lipinski definition) is 1. The zero-order valence-electron chi connectivity index (χ0n) is 17.9. The summed E-state index contributed by atoms with van der Waals surface area (Å²) in [6.07, 6.45) is 4.31. The van der Waals surface area contributed by atoms with E-state index in [0.29, 0.717) is 0 Å². The molecule has 0 aromatic heterocycles. The van der Waals surface area contributed by atoms with Crippen molar-refractivity contribution in [1.82, 2.24) is 20.0 Å². The van der Waals surface area contributed by atoms with Crippen LogP contribution in [0.1, 0.15) is 12.0 Å². The van der Waals surface area contributed by atoms with Crippen LogP contribution in [0.15, 0.2) is 65.1 Å². The molecule has 3 saturated heterocycles. The zero-order chi connectivity index (χ0) is 22.2. The van der Waals surface area contributed by atoms with Gasteiger partial charge in [-0.15, -0.1) is 0 Å². The molecule has 5 rings (SSSR count). The summed E-state index contributed by atoms with van der Waals surface area (Å²) in [5.41, 5.74) is 2.14. The monoisotopic (exact) mass is 495 g/mol. The molecule has 3 aliphatic rings. The summed E-state index contributed by atoms with van der Waals surface area (Å²) < 4.78 is 1.03. The van der Waals surface area contributed by atoms with E-state index >= 15 is 0 Å². The molecular weight excluding hydrogens is 470 g/mol. The maximum absolute atomic E-state index is 13.5. The predicted molar refractivity (Wildman–Crippen MR) is 128 cm³/mol. The van der Waals surface area contributed by atoms with Crippen molar-refractivity contribution in [2.75, 3.05) is 31.6 Å². The van der Waals surface area contributed by atoms with Crippen molar-refractivity contribution >= 4 is 39.6 Å². The molecule has 2 aromatic carbocycles. The Morgan fingerprint density at radius 2 is 1.81 bits per heavy atom. The Morgan fingerprint density at radius 1 is 1.06 bits per heavy atom. The maximum Gasteiger partial charge on any atom is 0.328 e. The van der Waals surface area contributed by atoms with Gasteiger partial charge in [-0.1, -0.05) is 58.4 Å². The largest absolute Gasteiger partial charge is 0.343 e. The Hall–Kier alpha value is -2.68. The normalized spacial score (nSPS) is 26.1. The van der Waals surface area contributed by atoms with E-state index in [9.17, 15) is 9.59 Å². The number of urea groups is 1. The van der Waals surface area contributed by atoms with Gasteiger partial charge in [0.1, 0.15) is 18.5 Å². The fourth-order valence-electron chi connectivity index (χ4n) is 4.84. The molecule has 3 atom stereocenters. The summed E-state index contributed by atoms with van der Waals surface area (Å²) in [6, 6.07) is 17.4. The van der Waals surface area contributed by atoms with Gasteiger partial charge in [0.05, 0.1) is 0 Å². The quantitative estimate of drug-likeness (QED) is 0.705. The number of carbonyl (C=O) groups excluding carboxylic acids is 2. The van der Waals surface area contributed by atoms with Crippen LogP contribution in [0.4, 0.5) is 10.5 Å². The van der Waals surface area contributed by atoms with Crippen molar-refractivity contribution in [2.24, 2.45) is 0 Å². The first-order valence-electron chi connectivity index (χ1n) is 10.9. The third-order valence-corrected chi connectivity index (χ3v) is 6.95. The van der Waals surface area contributed by atoms with E-state index in [1.165, 1.54) is 4.90 Å². The van der Waals surface area contributed by atoms with Gasteiger partial charge in [-0.3, -0.25) is 19.9 Å². The highest BCUT2D eigenvalue weighted by Gasteiger charge is 2.55. The molecule has 3 amide bonds. The van der Waals surface area contributed by atoms with Crippen molar-refractivity contribution in [3.63, 3.8) is 0 Å². The predicted octanol–water partition coefficient (Wildman–Crippen LogP) is 3.15. The average Bonchev–Trinajstić information content (AvgIpc) is 3.21. The summed E-state index contributed by atoms with van der Waals surface area (Å²) >= 11 is 3.50. The van der Waals surface area contributed by atoms with Crippen LogP contribution in [0, 0.1) is 0 Å². The minimum atomic E-state index is -0.397. The van der Waals surface area contributed by atoms with E-state index < -0.39 is 6.04 Å². The van der Waals surface area contributed by atoms with Crippen LogP contribution < -0.4 is 10.2 Å². The topological polar surface area (TPSA) is 59.1 Å². The van der Waals surface area contributed by atoms with Gasteiger partial charge in [-0.05, 0) is 36.2 Å². The number of anilines is 1. The second-order valence-electron chi connectivity index (χ2n) is 8.35. The van der Waals surface area contributed by atoms with Gasteiger partial charge in [-0.25, -0.2) is 4.79 Å². The van der Waals surface area contributed by atoms with Crippen LogP contribution in [-0.4, -0.2) is 71.8 Å². The number of nitrogens with zero attached hydrogens (tertiary/aromatic N) is 4. The number of fused-ring (bicyclic) bond motifs is 3. The van der Waals surface area contributed by atoms with E-state index in [-0.39, 0.29) is 30.9 Å². The Balaban J connectivity index is 1.37. The number of halogens is 1. The SMILES string of the molecule is CN1C(=O)N(C/C=C/c2ccccc2)C(=O)C2C1NC1N(c3ccc(Br)cc3)CCCN21. The molecule has 8 heteroatoms. The van der Waals surface area contributed by atoms with Gasteiger partial charge in [-0.2, -0.15) is 0 Å². The van der Waals surface area contributed by atoms with Gasteiger partial charge in [0.25, 0.3) is 5.91 Å². The Kier molecular flexibility index (Phi) is 5.75. The van der Waals surface area contributed by atoms with Crippen molar-refractivity contribution in [3.8, 4) is 0 Å². The Labute approximate surface area is 196 Å². The second-order valence-corrected chi connectivity index (χ2v) is 9.26. The van der Waals surface area contributed by atoms with E-state index in [0.717, 1.165) is 35.2 Å². The lowest BCUT2D eigenvalue weighted by Gasteiger charge is -2.43. The molecule has 3 unspecified atom stereocenters.